The molecule has 0 fully saturated rings. The third-order valence-corrected chi connectivity index (χ3v) is 4.62. The van der Waals surface area contributed by atoms with Crippen molar-refractivity contribution in [3.8, 4) is 0 Å². The third-order valence-electron chi connectivity index (χ3n) is 4.62. The fourth-order valence-corrected chi connectivity index (χ4v) is 3.12. The molecular formula is C23H21N3O4. The first kappa shape index (κ1) is 19.6. The van der Waals surface area contributed by atoms with Crippen LogP contribution >= 0.6 is 0 Å². The number of nitrogens with one attached hydrogen (secondary N) is 1. The van der Waals surface area contributed by atoms with E-state index in [1.165, 1.54) is 10.9 Å². The lowest BCUT2D eigenvalue weighted by Crippen LogP contribution is -2.32. The topological polar surface area (TPSA) is 86.4 Å². The van der Waals surface area contributed by atoms with E-state index < -0.39 is 0 Å². The molecule has 30 heavy (non-hydrogen) atoms. The normalized spacial score (nSPS) is 10.9. The molecule has 0 aliphatic rings. The van der Waals surface area contributed by atoms with Crippen LogP contribution in [0.3, 0.4) is 0 Å². The quantitative estimate of drug-likeness (QED) is 0.489. The molecule has 0 aliphatic carbocycles. The van der Waals surface area contributed by atoms with Crippen molar-refractivity contribution in [1.29, 1.82) is 0 Å². The number of ether oxygens (including phenoxy) is 1. The number of hydrogen-bond acceptors (Lipinski definition) is 5. The molecule has 2 aromatic carbocycles. The Hall–Kier alpha value is -3.71. The summed E-state index contributed by atoms with van der Waals surface area (Å²) in [5, 5.41) is 3.34. The number of hydrogen-bond donors (Lipinski definition) is 1. The van der Waals surface area contributed by atoms with Crippen LogP contribution in [0.1, 0.15) is 16.9 Å². The Labute approximate surface area is 172 Å². The summed E-state index contributed by atoms with van der Waals surface area (Å²) in [5.41, 5.74) is 2.34. The number of nitrogens with zero attached hydrogens (tertiary/aromatic N) is 2. The Balaban J connectivity index is 1.31. The van der Waals surface area contributed by atoms with Crippen molar-refractivity contribution in [1.82, 2.24) is 14.9 Å². The minimum Gasteiger partial charge on any atom is -0.467 e. The molecule has 0 atom stereocenters. The number of carbonyl (C=O) groups excluding carboxylic acids is 1. The monoisotopic (exact) mass is 403 g/mol. The number of fused-ring (bicyclic) bond motifs is 1. The SMILES string of the molecule is O=C(Cn1cnc2ccccc2c1=O)NCc1cccc(COCc2ccco2)c1. The summed E-state index contributed by atoms with van der Waals surface area (Å²) < 4.78 is 12.2. The molecule has 7 heteroatoms. The Morgan fingerprint density at radius 1 is 1.03 bits per heavy atom. The molecule has 0 bridgehead atoms. The molecule has 1 amide bonds. The van der Waals surface area contributed by atoms with E-state index in [-0.39, 0.29) is 18.0 Å². The maximum atomic E-state index is 12.5. The number of amides is 1. The molecule has 2 aromatic heterocycles. The fraction of sp³-hybridized carbons (Fsp3) is 0.174. The van der Waals surface area contributed by atoms with Crippen LogP contribution in [-0.2, 0) is 35.8 Å². The molecule has 0 aliphatic heterocycles. The van der Waals surface area contributed by atoms with Crippen molar-refractivity contribution < 1.29 is 13.9 Å². The van der Waals surface area contributed by atoms with Gasteiger partial charge in [0, 0.05) is 6.54 Å². The van der Waals surface area contributed by atoms with Crippen LogP contribution in [0.4, 0.5) is 0 Å². The van der Waals surface area contributed by atoms with Gasteiger partial charge in [-0.1, -0.05) is 36.4 Å². The van der Waals surface area contributed by atoms with Gasteiger partial charge in [-0.05, 0) is 35.4 Å². The van der Waals surface area contributed by atoms with Crippen LogP contribution in [-0.4, -0.2) is 15.5 Å². The molecule has 0 unspecified atom stereocenters. The Bertz CT molecular complexity index is 1200. The van der Waals surface area contributed by atoms with E-state index in [2.05, 4.69) is 10.3 Å². The van der Waals surface area contributed by atoms with Crippen molar-refractivity contribution in [2.24, 2.45) is 0 Å². The molecular weight excluding hydrogens is 382 g/mol. The number of furan rings is 1. The first-order valence-electron chi connectivity index (χ1n) is 9.58. The molecule has 0 saturated carbocycles. The summed E-state index contributed by atoms with van der Waals surface area (Å²) in [6, 6.07) is 18.6. The van der Waals surface area contributed by atoms with Crippen LogP contribution in [0.15, 0.2) is 82.5 Å². The number of aromatic nitrogens is 2. The highest BCUT2D eigenvalue weighted by Gasteiger charge is 2.08. The minimum atomic E-state index is -0.256. The Kier molecular flexibility index (Phi) is 6.01. The molecule has 1 N–H and O–H groups in total. The van der Waals surface area contributed by atoms with E-state index in [0.29, 0.717) is 30.7 Å². The summed E-state index contributed by atoms with van der Waals surface area (Å²) in [5.74, 6) is 0.519. The minimum absolute atomic E-state index is 0.0807. The zero-order valence-electron chi connectivity index (χ0n) is 16.3. The van der Waals surface area contributed by atoms with Crippen LogP contribution in [0.25, 0.3) is 10.9 Å². The van der Waals surface area contributed by atoms with Gasteiger partial charge in [-0.3, -0.25) is 14.2 Å². The lowest BCUT2D eigenvalue weighted by Gasteiger charge is -2.09. The van der Waals surface area contributed by atoms with Gasteiger partial charge >= 0.3 is 0 Å². The van der Waals surface area contributed by atoms with Gasteiger partial charge in [0.15, 0.2) is 0 Å². The fourth-order valence-electron chi connectivity index (χ4n) is 3.12. The molecule has 7 nitrogen and oxygen atoms in total. The second-order valence-electron chi connectivity index (χ2n) is 6.86. The predicted molar refractivity (Wildman–Crippen MR) is 111 cm³/mol. The molecule has 152 valence electrons. The predicted octanol–water partition coefficient (Wildman–Crippen LogP) is 3.02. The van der Waals surface area contributed by atoms with Gasteiger partial charge in [-0.25, -0.2) is 4.98 Å². The zero-order valence-corrected chi connectivity index (χ0v) is 16.3. The zero-order chi connectivity index (χ0) is 20.8. The highest BCUT2D eigenvalue weighted by atomic mass is 16.5. The van der Waals surface area contributed by atoms with Gasteiger partial charge < -0.3 is 14.5 Å². The van der Waals surface area contributed by atoms with Crippen molar-refractivity contribution in [2.45, 2.75) is 26.3 Å². The number of rotatable bonds is 8. The van der Waals surface area contributed by atoms with E-state index in [9.17, 15) is 9.59 Å². The molecule has 2 heterocycles. The highest BCUT2D eigenvalue weighted by Crippen LogP contribution is 2.09. The summed E-state index contributed by atoms with van der Waals surface area (Å²) in [4.78, 5) is 29.1. The molecule has 0 spiro atoms. The lowest BCUT2D eigenvalue weighted by atomic mass is 10.1. The molecule has 0 radical (unpaired) electrons. The summed E-state index contributed by atoms with van der Waals surface area (Å²) in [7, 11) is 0. The maximum absolute atomic E-state index is 12.5. The standard InChI is InChI=1S/C23H21N3O4/c27-22(13-26-16-25-21-9-2-1-8-20(21)23(26)28)24-12-17-5-3-6-18(11-17)14-29-15-19-7-4-10-30-19/h1-11,16H,12-15H2,(H,24,27). The van der Waals surface area contributed by atoms with E-state index in [1.54, 1.807) is 24.5 Å². The van der Waals surface area contributed by atoms with Crippen molar-refractivity contribution in [2.75, 3.05) is 0 Å². The van der Waals surface area contributed by atoms with E-state index >= 15 is 0 Å². The average molecular weight is 403 g/mol. The van der Waals surface area contributed by atoms with Crippen LogP contribution in [0.5, 0.6) is 0 Å². The van der Waals surface area contributed by atoms with Gasteiger partial charge in [0.2, 0.25) is 5.91 Å². The summed E-state index contributed by atoms with van der Waals surface area (Å²) in [6.07, 6.45) is 3.02. The van der Waals surface area contributed by atoms with Gasteiger partial charge in [-0.2, -0.15) is 0 Å². The first-order chi connectivity index (χ1) is 14.7. The second kappa shape index (κ2) is 9.19. The average Bonchev–Trinajstić information content (AvgIpc) is 3.28. The van der Waals surface area contributed by atoms with Crippen molar-refractivity contribution in [3.05, 3.63) is 100 Å². The van der Waals surface area contributed by atoms with Crippen LogP contribution < -0.4 is 10.9 Å². The van der Waals surface area contributed by atoms with Gasteiger partial charge in [0.25, 0.3) is 5.56 Å². The van der Waals surface area contributed by atoms with Gasteiger partial charge in [0.1, 0.15) is 18.9 Å². The number of carbonyl (C=O) groups is 1. The summed E-state index contributed by atoms with van der Waals surface area (Å²) >= 11 is 0. The van der Waals surface area contributed by atoms with Gasteiger partial charge in [0.05, 0.1) is 30.1 Å². The smallest absolute Gasteiger partial charge is 0.261 e. The summed E-state index contributed by atoms with van der Waals surface area (Å²) in [6.45, 7) is 1.13. The van der Waals surface area contributed by atoms with Crippen LogP contribution in [0, 0.1) is 0 Å². The Morgan fingerprint density at radius 2 is 1.90 bits per heavy atom. The van der Waals surface area contributed by atoms with E-state index in [0.717, 1.165) is 16.9 Å². The molecule has 0 saturated heterocycles. The molecule has 4 rings (SSSR count). The second-order valence-corrected chi connectivity index (χ2v) is 6.86. The molecule has 4 aromatic rings. The van der Waals surface area contributed by atoms with E-state index in [1.807, 2.05) is 42.5 Å². The van der Waals surface area contributed by atoms with Gasteiger partial charge in [-0.15, -0.1) is 0 Å². The van der Waals surface area contributed by atoms with Crippen molar-refractivity contribution >= 4 is 16.8 Å². The largest absolute Gasteiger partial charge is 0.467 e. The number of para-hydroxylation sites is 1. The van der Waals surface area contributed by atoms with E-state index in [4.69, 9.17) is 9.15 Å². The highest BCUT2D eigenvalue weighted by molar-refractivity contribution is 5.78. The third kappa shape index (κ3) is 4.82. The number of benzene rings is 2. The van der Waals surface area contributed by atoms with Crippen molar-refractivity contribution in [3.63, 3.8) is 0 Å². The first-order valence-corrected chi connectivity index (χ1v) is 9.58. The Morgan fingerprint density at radius 3 is 2.77 bits per heavy atom. The lowest BCUT2D eigenvalue weighted by molar-refractivity contribution is -0.121. The maximum Gasteiger partial charge on any atom is 0.261 e. The van der Waals surface area contributed by atoms with Crippen LogP contribution in [0.2, 0.25) is 0 Å².